The minimum absolute atomic E-state index is 0.126. The molecule has 3 aromatic rings. The number of nitrogens with one attached hydrogen (secondary N) is 1. The second kappa shape index (κ2) is 5.92. The van der Waals surface area contributed by atoms with Gasteiger partial charge >= 0.3 is 0 Å². The number of amides is 1. The van der Waals surface area contributed by atoms with Crippen molar-refractivity contribution in [3.8, 4) is 17.2 Å². The number of alkyl halides is 3. The highest BCUT2D eigenvalue weighted by molar-refractivity contribution is 6.76. The fraction of sp³-hybridized carbons (Fsp3) is 0.0667. The zero-order chi connectivity index (χ0) is 16.6. The number of rotatable bonds is 2. The number of aromatic nitrogens is 1. The highest BCUT2D eigenvalue weighted by Crippen LogP contribution is 2.34. The Balaban J connectivity index is 1.91. The van der Waals surface area contributed by atoms with E-state index in [2.05, 4.69) is 10.3 Å². The highest BCUT2D eigenvalue weighted by Gasteiger charge is 2.30. The molecule has 118 valence electrons. The summed E-state index contributed by atoms with van der Waals surface area (Å²) in [5.74, 6) is -0.682. The van der Waals surface area contributed by atoms with E-state index >= 15 is 0 Å². The summed E-state index contributed by atoms with van der Waals surface area (Å²) in [5.41, 5.74) is 1.94. The van der Waals surface area contributed by atoms with Gasteiger partial charge in [-0.2, -0.15) is 0 Å². The predicted molar refractivity (Wildman–Crippen MR) is 90.0 cm³/mol. The molecule has 0 aliphatic carbocycles. The van der Waals surface area contributed by atoms with Gasteiger partial charge in [-0.05, 0) is 24.3 Å². The van der Waals surface area contributed by atoms with Gasteiger partial charge in [0, 0.05) is 11.8 Å². The van der Waals surface area contributed by atoms with Gasteiger partial charge in [0.25, 0.3) is 9.70 Å². The number of nitrogens with zero attached hydrogens (tertiary/aromatic N) is 1. The van der Waals surface area contributed by atoms with E-state index in [1.807, 2.05) is 12.1 Å². The molecule has 3 rings (SSSR count). The van der Waals surface area contributed by atoms with Crippen molar-refractivity contribution < 1.29 is 14.3 Å². The minimum Gasteiger partial charge on any atom is -0.507 e. The molecule has 1 amide bonds. The number of halogens is 3. The van der Waals surface area contributed by atoms with Crippen LogP contribution in [-0.4, -0.2) is 19.8 Å². The number of phenols is 1. The SMILES string of the molecule is O=C(Nc1ccc(-c2nc3ccccc3o2)c(O)c1)C(Cl)(Cl)Cl. The lowest BCUT2D eigenvalue weighted by molar-refractivity contribution is -0.115. The molecule has 1 aromatic heterocycles. The van der Waals surface area contributed by atoms with Crippen LogP contribution in [0.1, 0.15) is 0 Å². The molecule has 0 fully saturated rings. The summed E-state index contributed by atoms with van der Waals surface area (Å²) in [6.45, 7) is 0. The van der Waals surface area contributed by atoms with E-state index in [-0.39, 0.29) is 17.3 Å². The first-order valence-corrected chi connectivity index (χ1v) is 7.55. The van der Waals surface area contributed by atoms with Crippen LogP contribution in [-0.2, 0) is 4.79 Å². The third-order valence-corrected chi connectivity index (χ3v) is 3.55. The smallest absolute Gasteiger partial charge is 0.276 e. The number of aromatic hydroxyl groups is 1. The van der Waals surface area contributed by atoms with Crippen molar-refractivity contribution in [2.75, 3.05) is 5.32 Å². The van der Waals surface area contributed by atoms with Crippen molar-refractivity contribution in [1.82, 2.24) is 4.98 Å². The number of hydrogen-bond acceptors (Lipinski definition) is 4. The van der Waals surface area contributed by atoms with Crippen molar-refractivity contribution in [2.24, 2.45) is 0 Å². The average molecular weight is 372 g/mol. The molecule has 0 bridgehead atoms. The van der Waals surface area contributed by atoms with Crippen LogP contribution in [0.15, 0.2) is 46.9 Å². The van der Waals surface area contributed by atoms with Crippen LogP contribution in [0.4, 0.5) is 5.69 Å². The Labute approximate surface area is 145 Å². The first kappa shape index (κ1) is 15.9. The van der Waals surface area contributed by atoms with Gasteiger partial charge in [-0.3, -0.25) is 4.79 Å². The van der Waals surface area contributed by atoms with E-state index in [9.17, 15) is 9.90 Å². The lowest BCUT2D eigenvalue weighted by Gasteiger charge is -2.12. The molecule has 2 aromatic carbocycles. The first-order chi connectivity index (χ1) is 10.8. The summed E-state index contributed by atoms with van der Waals surface area (Å²) in [7, 11) is 0. The van der Waals surface area contributed by atoms with Crippen LogP contribution in [0, 0.1) is 0 Å². The summed E-state index contributed by atoms with van der Waals surface area (Å²) >= 11 is 16.4. The number of benzene rings is 2. The number of anilines is 1. The van der Waals surface area contributed by atoms with Gasteiger partial charge in [0.1, 0.15) is 11.3 Å². The topological polar surface area (TPSA) is 75.4 Å². The molecule has 0 atom stereocenters. The zero-order valence-electron chi connectivity index (χ0n) is 11.4. The van der Waals surface area contributed by atoms with Gasteiger partial charge in [0.15, 0.2) is 5.58 Å². The summed E-state index contributed by atoms with van der Waals surface area (Å²) < 4.78 is 3.50. The van der Waals surface area contributed by atoms with Crippen molar-refractivity contribution in [3.63, 3.8) is 0 Å². The molecule has 0 aliphatic rings. The van der Waals surface area contributed by atoms with Gasteiger partial charge in [-0.15, -0.1) is 0 Å². The number of carbonyl (C=O) groups excluding carboxylic acids is 1. The molecular formula is C15H9Cl3N2O3. The number of para-hydroxylation sites is 2. The van der Waals surface area contributed by atoms with Gasteiger partial charge in [-0.25, -0.2) is 4.98 Å². The Morgan fingerprint density at radius 1 is 1.17 bits per heavy atom. The van der Waals surface area contributed by atoms with E-state index in [0.717, 1.165) is 0 Å². The Hall–Kier alpha value is -1.95. The molecule has 5 nitrogen and oxygen atoms in total. The third-order valence-electron chi connectivity index (χ3n) is 3.04. The maximum absolute atomic E-state index is 11.6. The number of hydrogen-bond donors (Lipinski definition) is 2. The molecule has 23 heavy (non-hydrogen) atoms. The number of oxazole rings is 1. The summed E-state index contributed by atoms with van der Waals surface area (Å²) in [4.78, 5) is 15.9. The Kier molecular flexibility index (Phi) is 4.10. The monoisotopic (exact) mass is 370 g/mol. The lowest BCUT2D eigenvalue weighted by Crippen LogP contribution is -2.26. The van der Waals surface area contributed by atoms with Gasteiger partial charge < -0.3 is 14.8 Å². The predicted octanol–water partition coefficient (Wildman–Crippen LogP) is 4.51. The van der Waals surface area contributed by atoms with Crippen molar-refractivity contribution >= 4 is 57.5 Å². The largest absolute Gasteiger partial charge is 0.507 e. The molecular weight excluding hydrogens is 363 g/mol. The van der Waals surface area contributed by atoms with E-state index in [0.29, 0.717) is 16.7 Å². The summed E-state index contributed by atoms with van der Waals surface area (Å²) in [5, 5.41) is 12.5. The molecule has 8 heteroatoms. The second-order valence-corrected chi connectivity index (χ2v) is 6.95. The first-order valence-electron chi connectivity index (χ1n) is 6.42. The average Bonchev–Trinajstić information content (AvgIpc) is 2.89. The molecule has 0 unspecified atom stereocenters. The standard InChI is InChI=1S/C15H9Cl3N2O3/c16-15(17,18)14(22)19-8-5-6-9(11(21)7-8)13-20-10-3-1-2-4-12(10)23-13/h1-7,21H,(H,19,22). The van der Waals surface area contributed by atoms with Crippen molar-refractivity contribution in [3.05, 3.63) is 42.5 Å². The van der Waals surface area contributed by atoms with Crippen molar-refractivity contribution in [2.45, 2.75) is 3.79 Å². The van der Waals surface area contributed by atoms with Crippen LogP contribution in [0.25, 0.3) is 22.6 Å². The Morgan fingerprint density at radius 3 is 2.57 bits per heavy atom. The van der Waals surface area contributed by atoms with Gasteiger partial charge in [-0.1, -0.05) is 46.9 Å². The van der Waals surface area contributed by atoms with Crippen LogP contribution in [0.5, 0.6) is 5.75 Å². The number of phenolic OH excluding ortho intramolecular Hbond substituents is 1. The third kappa shape index (κ3) is 3.37. The molecule has 0 aliphatic heterocycles. The van der Waals surface area contributed by atoms with Gasteiger partial charge in [0.05, 0.1) is 5.56 Å². The zero-order valence-corrected chi connectivity index (χ0v) is 13.7. The van der Waals surface area contributed by atoms with E-state index in [1.54, 1.807) is 18.2 Å². The molecule has 0 spiro atoms. The molecule has 0 radical (unpaired) electrons. The summed E-state index contributed by atoms with van der Waals surface area (Å²) in [6, 6.07) is 11.6. The highest BCUT2D eigenvalue weighted by atomic mass is 35.6. The van der Waals surface area contributed by atoms with E-state index in [4.69, 9.17) is 39.2 Å². The van der Waals surface area contributed by atoms with E-state index < -0.39 is 9.70 Å². The van der Waals surface area contributed by atoms with E-state index in [1.165, 1.54) is 12.1 Å². The minimum atomic E-state index is -2.09. The molecule has 0 saturated carbocycles. The summed E-state index contributed by atoms with van der Waals surface area (Å²) in [6.07, 6.45) is 0. The van der Waals surface area contributed by atoms with Crippen molar-refractivity contribution in [1.29, 1.82) is 0 Å². The fourth-order valence-electron chi connectivity index (χ4n) is 1.98. The van der Waals surface area contributed by atoms with Crippen LogP contribution < -0.4 is 5.32 Å². The fourth-order valence-corrected chi connectivity index (χ4v) is 2.12. The normalized spacial score (nSPS) is 11.6. The van der Waals surface area contributed by atoms with Crippen LogP contribution in [0.3, 0.4) is 0 Å². The number of carbonyl (C=O) groups is 1. The van der Waals surface area contributed by atoms with Crippen LogP contribution >= 0.6 is 34.8 Å². The maximum Gasteiger partial charge on any atom is 0.276 e. The lowest BCUT2D eigenvalue weighted by atomic mass is 10.2. The molecule has 0 saturated heterocycles. The Morgan fingerprint density at radius 2 is 1.91 bits per heavy atom. The molecule has 1 heterocycles. The second-order valence-electron chi connectivity index (χ2n) is 4.67. The molecule has 2 N–H and O–H groups in total. The maximum atomic E-state index is 11.6. The number of fused-ring (bicyclic) bond motifs is 1. The quantitative estimate of drug-likeness (QED) is 0.650. The van der Waals surface area contributed by atoms with Crippen LogP contribution in [0.2, 0.25) is 0 Å². The Bertz CT molecular complexity index is 854. The van der Waals surface area contributed by atoms with Gasteiger partial charge in [0.2, 0.25) is 5.89 Å².